The molecule has 0 saturated heterocycles. The van der Waals surface area contributed by atoms with E-state index in [9.17, 15) is 5.11 Å². The molecule has 0 spiro atoms. The second kappa shape index (κ2) is 10.3. The second-order valence-electron chi connectivity index (χ2n) is 5.17. The van der Waals surface area contributed by atoms with E-state index in [0.29, 0.717) is 12.6 Å². The summed E-state index contributed by atoms with van der Waals surface area (Å²) in [6.07, 6.45) is 0.602. The molecule has 120 valence electrons. The Hall–Kier alpha value is -0.420. The van der Waals surface area contributed by atoms with Crippen LogP contribution in [0.1, 0.15) is 25.8 Å². The van der Waals surface area contributed by atoms with E-state index < -0.39 is 6.10 Å². The van der Waals surface area contributed by atoms with Gasteiger partial charge in [0, 0.05) is 17.6 Å². The maximum Gasteiger partial charge on any atom is 0.119 e. The number of nitrogens with one attached hydrogen (secondary N) is 1. The Labute approximate surface area is 137 Å². The molecular weight excluding hydrogens is 306 g/mol. The zero-order chi connectivity index (χ0) is 15.7. The predicted molar refractivity (Wildman–Crippen MR) is 92.8 cm³/mol. The van der Waals surface area contributed by atoms with Crippen molar-refractivity contribution in [3.8, 4) is 5.75 Å². The zero-order valence-electron chi connectivity index (χ0n) is 13.1. The molecule has 1 aromatic carbocycles. The number of hydrogen-bond acceptors (Lipinski definition) is 4. The number of hydrogen-bond donors (Lipinski definition) is 2. The summed E-state index contributed by atoms with van der Waals surface area (Å²) in [6.45, 7) is 7.08. The van der Waals surface area contributed by atoms with Gasteiger partial charge in [-0.15, -0.1) is 0 Å². The Morgan fingerprint density at radius 1 is 1.43 bits per heavy atom. The van der Waals surface area contributed by atoms with Crippen LogP contribution in [-0.2, 0) is 0 Å². The lowest BCUT2D eigenvalue weighted by atomic mass is 10.2. The lowest BCUT2D eigenvalue weighted by Crippen LogP contribution is -2.36. The molecule has 2 N–H and O–H groups in total. The van der Waals surface area contributed by atoms with Crippen molar-refractivity contribution in [3.63, 3.8) is 0 Å². The van der Waals surface area contributed by atoms with Crippen molar-refractivity contribution in [3.05, 3.63) is 28.8 Å². The minimum Gasteiger partial charge on any atom is -0.491 e. The Balaban J connectivity index is 2.21. The van der Waals surface area contributed by atoms with E-state index in [0.717, 1.165) is 34.3 Å². The molecule has 0 amide bonds. The van der Waals surface area contributed by atoms with Crippen LogP contribution >= 0.6 is 23.4 Å². The number of thioether (sulfide) groups is 1. The quantitative estimate of drug-likeness (QED) is 0.644. The Morgan fingerprint density at radius 2 is 2.19 bits per heavy atom. The van der Waals surface area contributed by atoms with Gasteiger partial charge in [0.2, 0.25) is 0 Å². The third-order valence-corrected chi connectivity index (χ3v) is 4.53. The standard InChI is InChI=1S/C16H26ClNO2S/c1-4-21-8-7-13(3)18-10-14(19)11-20-15-5-6-16(17)12(2)9-15/h5-6,9,13-14,18-19H,4,7-8,10-11H2,1-3H3. The first-order valence-electron chi connectivity index (χ1n) is 7.41. The number of aliphatic hydroxyl groups is 1. The second-order valence-corrected chi connectivity index (χ2v) is 6.97. The molecule has 3 nitrogen and oxygen atoms in total. The fourth-order valence-electron chi connectivity index (χ4n) is 1.80. The van der Waals surface area contributed by atoms with Crippen LogP contribution < -0.4 is 10.1 Å². The van der Waals surface area contributed by atoms with E-state index in [1.54, 1.807) is 0 Å². The van der Waals surface area contributed by atoms with Crippen LogP contribution in [0.4, 0.5) is 0 Å². The van der Waals surface area contributed by atoms with Gasteiger partial charge in [-0.3, -0.25) is 0 Å². The van der Waals surface area contributed by atoms with Gasteiger partial charge in [0.15, 0.2) is 0 Å². The van der Waals surface area contributed by atoms with Crippen molar-refractivity contribution >= 4 is 23.4 Å². The highest BCUT2D eigenvalue weighted by Gasteiger charge is 2.08. The zero-order valence-corrected chi connectivity index (χ0v) is 14.6. The largest absolute Gasteiger partial charge is 0.491 e. The van der Waals surface area contributed by atoms with Crippen LogP contribution in [-0.4, -0.2) is 41.9 Å². The van der Waals surface area contributed by atoms with E-state index in [2.05, 4.69) is 19.2 Å². The summed E-state index contributed by atoms with van der Waals surface area (Å²) in [7, 11) is 0. The Morgan fingerprint density at radius 3 is 2.86 bits per heavy atom. The highest BCUT2D eigenvalue weighted by molar-refractivity contribution is 7.99. The predicted octanol–water partition coefficient (Wildman–Crippen LogP) is 3.51. The molecule has 5 heteroatoms. The van der Waals surface area contributed by atoms with Gasteiger partial charge in [-0.25, -0.2) is 0 Å². The highest BCUT2D eigenvalue weighted by Crippen LogP contribution is 2.21. The van der Waals surface area contributed by atoms with Gasteiger partial charge in [-0.1, -0.05) is 18.5 Å². The molecule has 21 heavy (non-hydrogen) atoms. The molecule has 0 aliphatic carbocycles. The third kappa shape index (κ3) is 7.96. The molecule has 1 aromatic rings. The van der Waals surface area contributed by atoms with E-state index in [1.807, 2.05) is 36.9 Å². The number of ether oxygens (including phenoxy) is 1. The number of aliphatic hydroxyl groups excluding tert-OH is 1. The summed E-state index contributed by atoms with van der Waals surface area (Å²) in [5.74, 6) is 3.05. The first-order chi connectivity index (χ1) is 10.0. The summed E-state index contributed by atoms with van der Waals surface area (Å²) in [6, 6.07) is 5.92. The smallest absolute Gasteiger partial charge is 0.119 e. The van der Waals surface area contributed by atoms with Crippen molar-refractivity contribution in [1.29, 1.82) is 0 Å². The maximum absolute atomic E-state index is 9.94. The van der Waals surface area contributed by atoms with Crippen molar-refractivity contribution in [2.45, 2.75) is 39.3 Å². The normalized spacial score (nSPS) is 14.0. The van der Waals surface area contributed by atoms with Crippen molar-refractivity contribution in [1.82, 2.24) is 5.32 Å². The SMILES string of the molecule is CCSCCC(C)NCC(O)COc1ccc(Cl)c(C)c1. The van der Waals surface area contributed by atoms with Crippen LogP contribution in [0.15, 0.2) is 18.2 Å². The summed E-state index contributed by atoms with van der Waals surface area (Å²) in [5, 5.41) is 14.0. The van der Waals surface area contributed by atoms with E-state index in [4.69, 9.17) is 16.3 Å². The summed E-state index contributed by atoms with van der Waals surface area (Å²) < 4.78 is 5.58. The van der Waals surface area contributed by atoms with Crippen LogP contribution in [0, 0.1) is 6.92 Å². The fourth-order valence-corrected chi connectivity index (χ4v) is 2.73. The van der Waals surface area contributed by atoms with Gasteiger partial charge in [-0.2, -0.15) is 11.8 Å². The molecule has 0 saturated carbocycles. The molecule has 0 aliphatic heterocycles. The summed E-state index contributed by atoms with van der Waals surface area (Å²) in [5.41, 5.74) is 0.976. The Bertz CT molecular complexity index is 417. The van der Waals surface area contributed by atoms with Gasteiger partial charge in [0.1, 0.15) is 18.5 Å². The van der Waals surface area contributed by atoms with Gasteiger partial charge in [0.25, 0.3) is 0 Å². The molecule has 2 atom stereocenters. The van der Waals surface area contributed by atoms with Crippen molar-refractivity contribution in [2.24, 2.45) is 0 Å². The maximum atomic E-state index is 9.94. The van der Waals surface area contributed by atoms with E-state index in [-0.39, 0.29) is 6.61 Å². The lowest BCUT2D eigenvalue weighted by Gasteiger charge is -2.17. The molecular formula is C16H26ClNO2S. The summed E-state index contributed by atoms with van der Waals surface area (Å²) in [4.78, 5) is 0. The molecule has 0 radical (unpaired) electrons. The van der Waals surface area contributed by atoms with Crippen molar-refractivity contribution < 1.29 is 9.84 Å². The molecule has 0 aliphatic rings. The molecule has 0 heterocycles. The van der Waals surface area contributed by atoms with Crippen molar-refractivity contribution in [2.75, 3.05) is 24.7 Å². The van der Waals surface area contributed by atoms with Crippen LogP contribution in [0.25, 0.3) is 0 Å². The monoisotopic (exact) mass is 331 g/mol. The fraction of sp³-hybridized carbons (Fsp3) is 0.625. The van der Waals surface area contributed by atoms with Gasteiger partial charge < -0.3 is 15.2 Å². The van der Waals surface area contributed by atoms with Gasteiger partial charge >= 0.3 is 0 Å². The number of rotatable bonds is 10. The third-order valence-electron chi connectivity index (χ3n) is 3.17. The van der Waals surface area contributed by atoms with Crippen LogP contribution in [0.3, 0.4) is 0 Å². The first-order valence-corrected chi connectivity index (χ1v) is 8.94. The average molecular weight is 332 g/mol. The number of halogens is 1. The van der Waals surface area contributed by atoms with Crippen LogP contribution in [0.5, 0.6) is 5.75 Å². The number of benzene rings is 1. The van der Waals surface area contributed by atoms with Gasteiger partial charge in [0.05, 0.1) is 0 Å². The molecule has 2 unspecified atom stereocenters. The highest BCUT2D eigenvalue weighted by atomic mass is 35.5. The van der Waals surface area contributed by atoms with E-state index >= 15 is 0 Å². The topological polar surface area (TPSA) is 41.5 Å². The molecule has 0 bridgehead atoms. The lowest BCUT2D eigenvalue weighted by molar-refractivity contribution is 0.104. The number of aryl methyl sites for hydroxylation is 1. The molecule has 0 aromatic heterocycles. The Kier molecular flexibility index (Phi) is 9.16. The summed E-state index contributed by atoms with van der Waals surface area (Å²) >= 11 is 7.91. The first kappa shape index (κ1) is 18.6. The minimum absolute atomic E-state index is 0.282. The van der Waals surface area contributed by atoms with E-state index in [1.165, 1.54) is 0 Å². The average Bonchev–Trinajstić information content (AvgIpc) is 2.46. The van der Waals surface area contributed by atoms with Gasteiger partial charge in [-0.05, 0) is 55.5 Å². The van der Waals surface area contributed by atoms with Crippen LogP contribution in [0.2, 0.25) is 5.02 Å². The molecule has 1 rings (SSSR count). The molecule has 0 fully saturated rings. The minimum atomic E-state index is -0.512.